The third-order valence-corrected chi connectivity index (χ3v) is 4.82. The van der Waals surface area contributed by atoms with Crippen LogP contribution in [0, 0.1) is 5.92 Å². The summed E-state index contributed by atoms with van der Waals surface area (Å²) in [5, 5.41) is 10.8. The Morgan fingerprint density at radius 3 is 2.56 bits per heavy atom. The van der Waals surface area contributed by atoms with Crippen molar-refractivity contribution in [2.24, 2.45) is 11.7 Å². The Morgan fingerprint density at radius 1 is 1.28 bits per heavy atom. The van der Waals surface area contributed by atoms with Gasteiger partial charge in [-0.1, -0.05) is 51.0 Å². The third kappa shape index (κ3) is 1.98. The lowest BCUT2D eigenvalue weighted by Crippen LogP contribution is -2.47. The molecule has 100 valence electrons. The molecule has 0 spiro atoms. The van der Waals surface area contributed by atoms with E-state index in [0.29, 0.717) is 12.5 Å². The zero-order valence-corrected chi connectivity index (χ0v) is 11.5. The summed E-state index contributed by atoms with van der Waals surface area (Å²) in [4.78, 5) is 0. The molecule has 1 aromatic rings. The second kappa shape index (κ2) is 5.41. The quantitative estimate of drug-likeness (QED) is 0.840. The van der Waals surface area contributed by atoms with Gasteiger partial charge < -0.3 is 10.8 Å². The number of rotatable bonds is 5. The van der Waals surface area contributed by atoms with Crippen LogP contribution in [0.25, 0.3) is 0 Å². The lowest BCUT2D eigenvalue weighted by molar-refractivity contribution is 0.0274. The highest BCUT2D eigenvalue weighted by Gasteiger charge is 2.45. The molecule has 0 aromatic heterocycles. The van der Waals surface area contributed by atoms with E-state index >= 15 is 0 Å². The maximum Gasteiger partial charge on any atom is 0.0677 e. The molecule has 1 aromatic carbocycles. The Balaban J connectivity index is 2.39. The van der Waals surface area contributed by atoms with Crippen LogP contribution >= 0.6 is 0 Å². The van der Waals surface area contributed by atoms with Crippen LogP contribution in [0.2, 0.25) is 0 Å². The molecule has 2 atom stereocenters. The van der Waals surface area contributed by atoms with E-state index in [0.717, 1.165) is 25.7 Å². The summed E-state index contributed by atoms with van der Waals surface area (Å²) < 4.78 is 0. The standard InChI is InChI=1S/C16H25NO/c1-3-12(4-2)15(18)16(11-17)10-9-13-7-5-6-8-14(13)16/h5-8,12,15,18H,3-4,9-11,17H2,1-2H3. The topological polar surface area (TPSA) is 46.2 Å². The molecule has 0 fully saturated rings. The number of aryl methyl sites for hydroxylation is 1. The molecule has 2 heteroatoms. The molecule has 3 N–H and O–H groups in total. The summed E-state index contributed by atoms with van der Waals surface area (Å²) in [6.07, 6.45) is 3.75. The van der Waals surface area contributed by atoms with Crippen molar-refractivity contribution in [3.05, 3.63) is 35.4 Å². The second-order valence-corrected chi connectivity index (χ2v) is 5.54. The Labute approximate surface area is 110 Å². The molecule has 2 rings (SSSR count). The van der Waals surface area contributed by atoms with Crippen LogP contribution in [0.5, 0.6) is 0 Å². The van der Waals surface area contributed by atoms with Gasteiger partial charge in [-0.05, 0) is 29.9 Å². The van der Waals surface area contributed by atoms with Crippen LogP contribution in [0.1, 0.15) is 44.2 Å². The van der Waals surface area contributed by atoms with Gasteiger partial charge in [-0.25, -0.2) is 0 Å². The van der Waals surface area contributed by atoms with E-state index in [9.17, 15) is 5.11 Å². The number of aliphatic hydroxyl groups excluding tert-OH is 1. The lowest BCUT2D eigenvalue weighted by atomic mass is 9.71. The van der Waals surface area contributed by atoms with Gasteiger partial charge in [0.2, 0.25) is 0 Å². The number of hydrogen-bond donors (Lipinski definition) is 2. The van der Waals surface area contributed by atoms with Crippen molar-refractivity contribution in [2.45, 2.75) is 51.0 Å². The van der Waals surface area contributed by atoms with Gasteiger partial charge in [0, 0.05) is 12.0 Å². The zero-order valence-electron chi connectivity index (χ0n) is 11.5. The molecule has 0 amide bonds. The van der Waals surface area contributed by atoms with Crippen LogP contribution < -0.4 is 5.73 Å². The smallest absolute Gasteiger partial charge is 0.0677 e. The lowest BCUT2D eigenvalue weighted by Gasteiger charge is -2.38. The molecule has 1 aliphatic carbocycles. The largest absolute Gasteiger partial charge is 0.392 e. The molecule has 0 heterocycles. The summed E-state index contributed by atoms with van der Waals surface area (Å²) >= 11 is 0. The highest BCUT2D eigenvalue weighted by atomic mass is 16.3. The van der Waals surface area contributed by atoms with Gasteiger partial charge in [0.15, 0.2) is 0 Å². The Bertz CT molecular complexity index is 400. The van der Waals surface area contributed by atoms with Gasteiger partial charge in [0.05, 0.1) is 6.10 Å². The molecule has 1 aliphatic rings. The van der Waals surface area contributed by atoms with Crippen molar-refractivity contribution in [1.82, 2.24) is 0 Å². The van der Waals surface area contributed by atoms with Gasteiger partial charge in [-0.15, -0.1) is 0 Å². The van der Waals surface area contributed by atoms with Gasteiger partial charge in [-0.3, -0.25) is 0 Å². The van der Waals surface area contributed by atoms with Crippen molar-refractivity contribution < 1.29 is 5.11 Å². The Hall–Kier alpha value is -0.860. The number of nitrogens with two attached hydrogens (primary N) is 1. The average molecular weight is 247 g/mol. The normalized spacial score (nSPS) is 24.3. The highest BCUT2D eigenvalue weighted by molar-refractivity contribution is 5.41. The minimum Gasteiger partial charge on any atom is -0.392 e. The summed E-state index contributed by atoms with van der Waals surface area (Å²) in [6, 6.07) is 8.47. The molecule has 0 saturated heterocycles. The number of benzene rings is 1. The summed E-state index contributed by atoms with van der Waals surface area (Å²) in [6.45, 7) is 4.85. The first-order valence-electron chi connectivity index (χ1n) is 7.16. The SMILES string of the molecule is CCC(CC)C(O)C1(CN)CCc2ccccc21. The highest BCUT2D eigenvalue weighted by Crippen LogP contribution is 2.43. The molecule has 0 saturated carbocycles. The van der Waals surface area contributed by atoms with Gasteiger partial charge >= 0.3 is 0 Å². The first-order chi connectivity index (χ1) is 8.69. The number of hydrogen-bond acceptors (Lipinski definition) is 2. The summed E-state index contributed by atoms with van der Waals surface area (Å²) in [5.74, 6) is 0.347. The van der Waals surface area contributed by atoms with Crippen molar-refractivity contribution in [2.75, 3.05) is 6.54 Å². The summed E-state index contributed by atoms with van der Waals surface area (Å²) in [7, 11) is 0. The second-order valence-electron chi connectivity index (χ2n) is 5.54. The fourth-order valence-corrected chi connectivity index (χ4v) is 3.54. The van der Waals surface area contributed by atoms with E-state index in [2.05, 4.69) is 38.1 Å². The van der Waals surface area contributed by atoms with E-state index in [4.69, 9.17) is 5.73 Å². The third-order valence-electron chi connectivity index (χ3n) is 4.82. The van der Waals surface area contributed by atoms with E-state index < -0.39 is 0 Å². The fourth-order valence-electron chi connectivity index (χ4n) is 3.54. The van der Waals surface area contributed by atoms with Crippen LogP contribution in [0.4, 0.5) is 0 Å². The first-order valence-corrected chi connectivity index (χ1v) is 7.16. The maximum atomic E-state index is 10.8. The minimum atomic E-state index is -0.318. The monoisotopic (exact) mass is 247 g/mol. The van der Waals surface area contributed by atoms with Crippen molar-refractivity contribution >= 4 is 0 Å². The number of aliphatic hydroxyl groups is 1. The molecule has 2 unspecified atom stereocenters. The van der Waals surface area contributed by atoms with Crippen molar-refractivity contribution in [3.8, 4) is 0 Å². The molecule has 18 heavy (non-hydrogen) atoms. The maximum absolute atomic E-state index is 10.8. The van der Waals surface area contributed by atoms with Gasteiger partial charge in [0.25, 0.3) is 0 Å². The molecule has 0 aliphatic heterocycles. The first kappa shape index (κ1) is 13.6. The molecule has 2 nitrogen and oxygen atoms in total. The van der Waals surface area contributed by atoms with Crippen LogP contribution in [0.3, 0.4) is 0 Å². The fraction of sp³-hybridized carbons (Fsp3) is 0.625. The summed E-state index contributed by atoms with van der Waals surface area (Å²) in [5.41, 5.74) is 8.51. The molecule has 0 bridgehead atoms. The van der Waals surface area contributed by atoms with E-state index in [1.807, 2.05) is 0 Å². The molecular weight excluding hydrogens is 222 g/mol. The average Bonchev–Trinajstić information content (AvgIpc) is 2.80. The van der Waals surface area contributed by atoms with Crippen molar-refractivity contribution in [3.63, 3.8) is 0 Å². The van der Waals surface area contributed by atoms with Gasteiger partial charge in [0.1, 0.15) is 0 Å². The van der Waals surface area contributed by atoms with Crippen LogP contribution in [-0.2, 0) is 11.8 Å². The van der Waals surface area contributed by atoms with Gasteiger partial charge in [-0.2, -0.15) is 0 Å². The van der Waals surface area contributed by atoms with E-state index in [-0.39, 0.29) is 11.5 Å². The van der Waals surface area contributed by atoms with E-state index in [1.165, 1.54) is 11.1 Å². The molecule has 0 radical (unpaired) electrons. The Kier molecular flexibility index (Phi) is 4.08. The number of fused-ring (bicyclic) bond motifs is 1. The predicted octanol–water partition coefficient (Wildman–Crippen LogP) is 2.63. The Morgan fingerprint density at radius 2 is 1.94 bits per heavy atom. The van der Waals surface area contributed by atoms with Crippen LogP contribution in [-0.4, -0.2) is 17.8 Å². The zero-order chi connectivity index (χ0) is 13.2. The predicted molar refractivity (Wildman–Crippen MR) is 75.6 cm³/mol. The van der Waals surface area contributed by atoms with E-state index in [1.54, 1.807) is 0 Å². The van der Waals surface area contributed by atoms with Crippen molar-refractivity contribution in [1.29, 1.82) is 0 Å². The molecular formula is C16H25NO. The van der Waals surface area contributed by atoms with Crippen LogP contribution in [0.15, 0.2) is 24.3 Å². The minimum absolute atomic E-state index is 0.215.